The smallest absolute Gasteiger partial charge is 0.412 e. The van der Waals surface area contributed by atoms with Crippen LogP contribution in [0.4, 0.5) is 22.0 Å². The van der Waals surface area contributed by atoms with Gasteiger partial charge in [0, 0.05) is 12.5 Å². The van der Waals surface area contributed by atoms with Crippen molar-refractivity contribution in [1.29, 1.82) is 0 Å². The fourth-order valence-corrected chi connectivity index (χ4v) is 6.21. The molecule has 168 valence electrons. The Morgan fingerprint density at radius 2 is 1.74 bits per heavy atom. The number of nitrogens with one attached hydrogen (secondary N) is 2. The van der Waals surface area contributed by atoms with Gasteiger partial charge in [0.1, 0.15) is 23.3 Å². The third kappa shape index (κ3) is 4.97. The normalized spacial score (nSPS) is 28.8. The molecule has 2 N–H and O–H groups in total. The predicted molar refractivity (Wildman–Crippen MR) is 115 cm³/mol. The second-order valence-electron chi connectivity index (χ2n) is 10.6. The van der Waals surface area contributed by atoms with E-state index in [2.05, 4.69) is 15.6 Å². The zero-order valence-electron chi connectivity index (χ0n) is 18.3. The van der Waals surface area contributed by atoms with E-state index in [1.165, 1.54) is 25.3 Å². The summed E-state index contributed by atoms with van der Waals surface area (Å²) in [5.41, 5.74) is -1.11. The first-order valence-electron chi connectivity index (χ1n) is 10.9. The van der Waals surface area contributed by atoms with Gasteiger partial charge in [0.2, 0.25) is 5.91 Å². The molecule has 5 rings (SSSR count). The van der Waals surface area contributed by atoms with Crippen molar-refractivity contribution in [3.05, 3.63) is 22.4 Å². The van der Waals surface area contributed by atoms with E-state index in [-0.39, 0.29) is 28.5 Å². The molecule has 4 aliphatic rings. The van der Waals surface area contributed by atoms with Crippen molar-refractivity contribution in [2.24, 2.45) is 23.2 Å². The van der Waals surface area contributed by atoms with Gasteiger partial charge in [0.15, 0.2) is 0 Å². The van der Waals surface area contributed by atoms with Crippen LogP contribution < -0.4 is 10.6 Å². The summed E-state index contributed by atoms with van der Waals surface area (Å²) in [6, 6.07) is 1.31. The summed E-state index contributed by atoms with van der Waals surface area (Å²) in [6.07, 6.45) is 7.95. The molecule has 0 spiro atoms. The molecule has 0 saturated heterocycles. The Labute approximate surface area is 181 Å². The Morgan fingerprint density at radius 1 is 1.16 bits per heavy atom. The first-order valence-corrected chi connectivity index (χ1v) is 10.9. The predicted octanol–water partition coefficient (Wildman–Crippen LogP) is 4.88. The molecule has 0 radical (unpaired) electrons. The van der Waals surface area contributed by atoms with Crippen molar-refractivity contribution < 1.29 is 19.2 Å². The van der Waals surface area contributed by atoms with Gasteiger partial charge in [-0.15, -0.1) is 0 Å². The first kappa shape index (κ1) is 21.5. The van der Waals surface area contributed by atoms with Crippen molar-refractivity contribution in [3.63, 3.8) is 0 Å². The lowest BCUT2D eigenvalue weighted by molar-refractivity contribution is -0.384. The van der Waals surface area contributed by atoms with E-state index in [0.717, 1.165) is 43.2 Å². The summed E-state index contributed by atoms with van der Waals surface area (Å²) in [5, 5.41) is 16.5. The fourth-order valence-electron chi connectivity index (χ4n) is 6.21. The Morgan fingerprint density at radius 3 is 2.26 bits per heavy atom. The monoisotopic (exact) mass is 430 g/mol. The van der Waals surface area contributed by atoms with Crippen LogP contribution in [0.3, 0.4) is 0 Å². The van der Waals surface area contributed by atoms with E-state index in [1.807, 2.05) is 0 Å². The van der Waals surface area contributed by atoms with Crippen molar-refractivity contribution in [2.45, 2.75) is 71.3 Å². The van der Waals surface area contributed by atoms with Crippen molar-refractivity contribution in [3.8, 4) is 0 Å². The van der Waals surface area contributed by atoms with Gasteiger partial charge in [-0.1, -0.05) is 0 Å². The van der Waals surface area contributed by atoms with E-state index in [9.17, 15) is 19.7 Å². The number of hydrogen-bond donors (Lipinski definition) is 2. The number of hydrogen-bond acceptors (Lipinski definition) is 6. The van der Waals surface area contributed by atoms with E-state index in [0.29, 0.717) is 6.42 Å². The maximum absolute atomic E-state index is 12.8. The summed E-state index contributed by atoms with van der Waals surface area (Å²) in [7, 11) is 0. The number of amides is 2. The second kappa shape index (κ2) is 7.76. The lowest BCUT2D eigenvalue weighted by Crippen LogP contribution is -2.47. The van der Waals surface area contributed by atoms with E-state index >= 15 is 0 Å². The van der Waals surface area contributed by atoms with Crippen LogP contribution in [0.25, 0.3) is 0 Å². The topological polar surface area (TPSA) is 123 Å². The molecule has 4 saturated carbocycles. The zero-order valence-corrected chi connectivity index (χ0v) is 18.3. The highest BCUT2D eigenvalue weighted by atomic mass is 16.6. The van der Waals surface area contributed by atoms with E-state index < -0.39 is 16.6 Å². The van der Waals surface area contributed by atoms with Gasteiger partial charge >= 0.3 is 11.8 Å². The van der Waals surface area contributed by atoms with Gasteiger partial charge in [-0.3, -0.25) is 20.2 Å². The number of pyridine rings is 1. The minimum atomic E-state index is -0.812. The molecule has 0 aliphatic heterocycles. The molecule has 4 fully saturated rings. The molecule has 0 aromatic carbocycles. The van der Waals surface area contributed by atoms with Crippen LogP contribution in [0.15, 0.2) is 12.3 Å². The van der Waals surface area contributed by atoms with Crippen LogP contribution in [0.1, 0.15) is 65.7 Å². The van der Waals surface area contributed by atoms with Crippen LogP contribution in [-0.2, 0) is 9.53 Å². The molecular weight excluding hydrogens is 400 g/mol. The van der Waals surface area contributed by atoms with Gasteiger partial charge in [0.05, 0.1) is 4.92 Å². The van der Waals surface area contributed by atoms with Gasteiger partial charge in [-0.25, -0.2) is 9.78 Å². The highest BCUT2D eigenvalue weighted by molar-refractivity contribution is 5.93. The third-order valence-electron chi connectivity index (χ3n) is 6.68. The third-order valence-corrected chi connectivity index (χ3v) is 6.68. The van der Waals surface area contributed by atoms with Crippen molar-refractivity contribution in [1.82, 2.24) is 4.98 Å². The van der Waals surface area contributed by atoms with Crippen molar-refractivity contribution >= 4 is 29.2 Å². The standard InChI is InChI=1S/C22H30N4O5/c1-21(2,3)31-20(28)24-16-7-18(23-12-17(16)26(29)30)25-19(27)11-22-8-13-4-14(9-22)6-15(5-13)10-22/h7,12-15H,4-6,8-11H2,1-3H3,(H2,23,24,25,27,28). The van der Waals surface area contributed by atoms with Crippen LogP contribution in [-0.4, -0.2) is 27.5 Å². The molecule has 1 aromatic heterocycles. The highest BCUT2D eigenvalue weighted by Gasteiger charge is 2.51. The average molecular weight is 431 g/mol. The summed E-state index contributed by atoms with van der Waals surface area (Å²) >= 11 is 0. The molecular formula is C22H30N4O5. The second-order valence-corrected chi connectivity index (χ2v) is 10.6. The summed E-state index contributed by atoms with van der Waals surface area (Å²) in [6.45, 7) is 5.09. The Kier molecular flexibility index (Phi) is 5.39. The molecule has 31 heavy (non-hydrogen) atoms. The maximum Gasteiger partial charge on any atom is 0.412 e. The zero-order chi connectivity index (χ0) is 22.4. The van der Waals surface area contributed by atoms with E-state index in [4.69, 9.17) is 4.74 Å². The molecule has 9 heteroatoms. The summed E-state index contributed by atoms with van der Waals surface area (Å²) in [5.74, 6) is 2.29. The Balaban J connectivity index is 1.45. The minimum absolute atomic E-state index is 0.0700. The van der Waals surface area contributed by atoms with Gasteiger partial charge in [-0.2, -0.15) is 0 Å². The molecule has 1 aromatic rings. The number of rotatable bonds is 5. The molecule has 4 bridgehead atoms. The first-order chi connectivity index (χ1) is 14.5. The summed E-state index contributed by atoms with van der Waals surface area (Å²) in [4.78, 5) is 39.6. The Hall–Kier alpha value is -2.71. The quantitative estimate of drug-likeness (QED) is 0.507. The maximum atomic E-state index is 12.8. The number of nitrogens with zero attached hydrogens (tertiary/aromatic N) is 2. The fraction of sp³-hybridized carbons (Fsp3) is 0.682. The molecule has 9 nitrogen and oxygen atoms in total. The lowest BCUT2D eigenvalue weighted by Gasteiger charge is -2.56. The number of carbonyl (C=O) groups excluding carboxylic acids is 2. The van der Waals surface area contributed by atoms with Gasteiger partial charge in [-0.05, 0) is 82.5 Å². The number of ether oxygens (including phenoxy) is 1. The molecule has 2 amide bonds. The van der Waals surface area contributed by atoms with Gasteiger partial charge < -0.3 is 10.1 Å². The van der Waals surface area contributed by atoms with E-state index in [1.54, 1.807) is 20.8 Å². The molecule has 0 atom stereocenters. The van der Waals surface area contributed by atoms with Crippen molar-refractivity contribution in [2.75, 3.05) is 10.6 Å². The SMILES string of the molecule is CC(C)(C)OC(=O)Nc1cc(NC(=O)CC23CC4CC(CC(C4)C2)C3)ncc1[N+](=O)[O-]. The number of anilines is 2. The Bertz CT molecular complexity index is 872. The average Bonchev–Trinajstić information content (AvgIpc) is 2.57. The summed E-state index contributed by atoms with van der Waals surface area (Å²) < 4.78 is 5.18. The largest absolute Gasteiger partial charge is 0.444 e. The van der Waals surface area contributed by atoms with Gasteiger partial charge in [0.25, 0.3) is 0 Å². The number of aromatic nitrogens is 1. The molecule has 4 aliphatic carbocycles. The van der Waals surface area contributed by atoms with Crippen LogP contribution >= 0.6 is 0 Å². The number of carbonyl (C=O) groups is 2. The van der Waals surface area contributed by atoms with Crippen LogP contribution in [0, 0.1) is 33.3 Å². The number of nitro groups is 1. The van der Waals surface area contributed by atoms with Crippen LogP contribution in [0.5, 0.6) is 0 Å². The highest BCUT2D eigenvalue weighted by Crippen LogP contribution is 2.61. The molecule has 0 unspecified atom stereocenters. The minimum Gasteiger partial charge on any atom is -0.444 e. The molecule has 1 heterocycles. The lowest BCUT2D eigenvalue weighted by atomic mass is 9.49. The van der Waals surface area contributed by atoms with Crippen LogP contribution in [0.2, 0.25) is 0 Å².